The molecule has 100 valence electrons. The molecule has 2 aromatic carbocycles. The molecule has 5 rings (SSSR count). The summed E-state index contributed by atoms with van der Waals surface area (Å²) < 4.78 is 0. The van der Waals surface area contributed by atoms with Gasteiger partial charge in [0.25, 0.3) is 0 Å². The molecule has 21 heavy (non-hydrogen) atoms. The van der Waals surface area contributed by atoms with Gasteiger partial charge in [0.15, 0.2) is 0 Å². The highest BCUT2D eigenvalue weighted by Gasteiger charge is 2.33. The Kier molecular flexibility index (Phi) is 2.36. The first-order chi connectivity index (χ1) is 10.4. The normalized spacial score (nSPS) is 14.2. The van der Waals surface area contributed by atoms with E-state index in [-0.39, 0.29) is 0 Å². The Hall–Kier alpha value is -1.98. The van der Waals surface area contributed by atoms with Crippen LogP contribution in [0.25, 0.3) is 0 Å². The maximum Gasteiger partial charge on any atom is 0.130 e. The van der Waals surface area contributed by atoms with Gasteiger partial charge < -0.3 is 4.90 Å². The van der Waals surface area contributed by atoms with Crippen molar-refractivity contribution >= 4 is 40.6 Å². The Labute approximate surface area is 130 Å². The molecule has 3 heterocycles. The molecular formula is C16H9N3S2. The summed E-state index contributed by atoms with van der Waals surface area (Å²) in [7, 11) is 0. The number of nitrogens with zero attached hydrogens (tertiary/aromatic N) is 3. The van der Waals surface area contributed by atoms with Gasteiger partial charge in [-0.05, 0) is 24.3 Å². The molecule has 3 nitrogen and oxygen atoms in total. The Bertz CT molecular complexity index is 811. The van der Waals surface area contributed by atoms with Crippen LogP contribution in [-0.2, 0) is 0 Å². The fourth-order valence-corrected chi connectivity index (χ4v) is 4.79. The van der Waals surface area contributed by atoms with E-state index in [0.717, 1.165) is 15.7 Å². The van der Waals surface area contributed by atoms with Crippen molar-refractivity contribution in [3.63, 3.8) is 0 Å². The number of rotatable bonds is 0. The van der Waals surface area contributed by atoms with Gasteiger partial charge in [-0.15, -0.1) is 0 Å². The predicted octanol–water partition coefficient (Wildman–Crippen LogP) is 4.88. The molecule has 0 spiro atoms. The summed E-state index contributed by atoms with van der Waals surface area (Å²) in [6, 6.07) is 16.9. The molecule has 0 saturated carbocycles. The molecule has 0 saturated heterocycles. The van der Waals surface area contributed by atoms with Gasteiger partial charge in [0.2, 0.25) is 0 Å². The van der Waals surface area contributed by atoms with Crippen LogP contribution in [0.15, 0.2) is 74.7 Å². The minimum atomic E-state index is 1.03. The van der Waals surface area contributed by atoms with E-state index < -0.39 is 0 Å². The summed E-state index contributed by atoms with van der Waals surface area (Å²) in [4.78, 5) is 13.7. The molecule has 0 unspecified atom stereocenters. The minimum Gasteiger partial charge on any atom is -0.303 e. The zero-order chi connectivity index (χ0) is 13.8. The van der Waals surface area contributed by atoms with Crippen molar-refractivity contribution < 1.29 is 0 Å². The largest absolute Gasteiger partial charge is 0.303 e. The van der Waals surface area contributed by atoms with Gasteiger partial charge in [-0.1, -0.05) is 47.8 Å². The lowest BCUT2D eigenvalue weighted by Gasteiger charge is -2.36. The van der Waals surface area contributed by atoms with Crippen molar-refractivity contribution in [2.24, 2.45) is 0 Å². The summed E-state index contributed by atoms with van der Waals surface area (Å²) in [5.41, 5.74) is 3.53. The molecule has 0 fully saturated rings. The molecule has 0 radical (unpaired) electrons. The first kappa shape index (κ1) is 11.7. The molecular weight excluding hydrogens is 298 g/mol. The van der Waals surface area contributed by atoms with E-state index in [4.69, 9.17) is 0 Å². The lowest BCUT2D eigenvalue weighted by atomic mass is 10.2. The van der Waals surface area contributed by atoms with Gasteiger partial charge in [-0.3, -0.25) is 0 Å². The Morgan fingerprint density at radius 1 is 0.714 bits per heavy atom. The molecule has 0 atom stereocenters. The van der Waals surface area contributed by atoms with Gasteiger partial charge in [0, 0.05) is 9.79 Å². The third kappa shape index (κ3) is 1.58. The summed E-state index contributed by atoms with van der Waals surface area (Å²) in [5, 5.41) is 2.06. The van der Waals surface area contributed by atoms with E-state index in [9.17, 15) is 0 Å². The fourth-order valence-electron chi connectivity index (χ4n) is 2.72. The average Bonchev–Trinajstić information content (AvgIpc) is 2.54. The van der Waals surface area contributed by atoms with E-state index in [2.05, 4.69) is 63.4 Å². The number of hydrogen-bond donors (Lipinski definition) is 0. The first-order valence-electron chi connectivity index (χ1n) is 6.61. The van der Waals surface area contributed by atoms with Crippen molar-refractivity contribution in [2.75, 3.05) is 4.90 Å². The van der Waals surface area contributed by atoms with Crippen LogP contribution in [0.2, 0.25) is 0 Å². The number of para-hydroxylation sites is 2. The number of aromatic nitrogens is 2. The van der Waals surface area contributed by atoms with Crippen molar-refractivity contribution in [3.8, 4) is 0 Å². The topological polar surface area (TPSA) is 29.0 Å². The third-order valence-electron chi connectivity index (χ3n) is 3.60. The van der Waals surface area contributed by atoms with Gasteiger partial charge in [-0.25, -0.2) is 9.97 Å². The lowest BCUT2D eigenvalue weighted by molar-refractivity contribution is 0.919. The van der Waals surface area contributed by atoms with Gasteiger partial charge in [-0.2, -0.15) is 0 Å². The SMILES string of the molecule is c1ccc2c(c1)Sc1ncnc3c1N2c1ccccc1S3. The number of benzene rings is 2. The van der Waals surface area contributed by atoms with E-state index in [1.807, 2.05) is 0 Å². The highest BCUT2D eigenvalue weighted by atomic mass is 32.2. The van der Waals surface area contributed by atoms with Crippen molar-refractivity contribution in [1.29, 1.82) is 0 Å². The quantitative estimate of drug-likeness (QED) is 0.380. The van der Waals surface area contributed by atoms with Crippen molar-refractivity contribution in [1.82, 2.24) is 9.97 Å². The molecule has 3 aromatic rings. The first-order valence-corrected chi connectivity index (χ1v) is 8.24. The summed E-state index contributed by atoms with van der Waals surface area (Å²) in [6.07, 6.45) is 1.66. The zero-order valence-corrected chi connectivity index (χ0v) is 12.5. The molecule has 2 aliphatic heterocycles. The van der Waals surface area contributed by atoms with Crippen LogP contribution < -0.4 is 4.90 Å². The summed E-state index contributed by atoms with van der Waals surface area (Å²) >= 11 is 3.44. The summed E-state index contributed by atoms with van der Waals surface area (Å²) in [6.45, 7) is 0. The van der Waals surface area contributed by atoms with E-state index >= 15 is 0 Å². The van der Waals surface area contributed by atoms with Gasteiger partial charge >= 0.3 is 0 Å². The van der Waals surface area contributed by atoms with Crippen LogP contribution in [-0.4, -0.2) is 9.97 Å². The maximum atomic E-state index is 4.48. The standard InChI is InChI=1S/C16H9N3S2/c1-3-7-12-10(5-1)19-11-6-2-4-8-13(11)21-16-14(19)15(20-12)17-9-18-16/h1-9H. The fraction of sp³-hybridized carbons (Fsp3) is 0. The number of anilines is 3. The van der Waals surface area contributed by atoms with Gasteiger partial charge in [0.1, 0.15) is 22.1 Å². The zero-order valence-electron chi connectivity index (χ0n) is 10.9. The average molecular weight is 307 g/mol. The smallest absolute Gasteiger partial charge is 0.130 e. The van der Waals surface area contributed by atoms with Crippen LogP contribution in [0, 0.1) is 0 Å². The molecule has 0 N–H and O–H groups in total. The molecule has 0 bridgehead atoms. The highest BCUT2D eigenvalue weighted by Crippen LogP contribution is 2.58. The molecule has 2 aliphatic rings. The molecule has 5 heteroatoms. The molecule has 1 aromatic heterocycles. The van der Waals surface area contributed by atoms with E-state index in [0.29, 0.717) is 0 Å². The van der Waals surface area contributed by atoms with Crippen molar-refractivity contribution in [3.05, 3.63) is 54.9 Å². The van der Waals surface area contributed by atoms with E-state index in [1.54, 1.807) is 29.9 Å². The monoisotopic (exact) mass is 307 g/mol. The molecule has 0 amide bonds. The number of fused-ring (bicyclic) bond motifs is 4. The number of hydrogen-bond acceptors (Lipinski definition) is 5. The van der Waals surface area contributed by atoms with Crippen LogP contribution in [0.1, 0.15) is 0 Å². The summed E-state index contributed by atoms with van der Waals surface area (Å²) in [5.74, 6) is 0. The van der Waals surface area contributed by atoms with Crippen LogP contribution in [0.4, 0.5) is 17.1 Å². The van der Waals surface area contributed by atoms with Crippen molar-refractivity contribution in [2.45, 2.75) is 19.8 Å². The second kappa shape index (κ2) is 4.26. The maximum absolute atomic E-state index is 4.48. The lowest BCUT2D eigenvalue weighted by Crippen LogP contribution is -2.20. The Morgan fingerprint density at radius 2 is 1.24 bits per heavy atom. The van der Waals surface area contributed by atoms with Crippen LogP contribution in [0.3, 0.4) is 0 Å². The highest BCUT2D eigenvalue weighted by molar-refractivity contribution is 8.00. The van der Waals surface area contributed by atoms with Gasteiger partial charge in [0.05, 0.1) is 11.4 Å². The minimum absolute atomic E-state index is 1.03. The van der Waals surface area contributed by atoms with E-state index in [1.165, 1.54) is 21.2 Å². The van der Waals surface area contributed by atoms with Crippen LogP contribution in [0.5, 0.6) is 0 Å². The Balaban J connectivity index is 1.88. The third-order valence-corrected chi connectivity index (χ3v) is 5.72. The Morgan fingerprint density at radius 3 is 1.81 bits per heavy atom. The second-order valence-corrected chi connectivity index (χ2v) is 6.87. The van der Waals surface area contributed by atoms with Crippen LogP contribution >= 0.6 is 23.5 Å². The predicted molar refractivity (Wildman–Crippen MR) is 85.0 cm³/mol. The molecule has 0 aliphatic carbocycles. The second-order valence-electron chi connectivity index (χ2n) is 4.81.